The largest absolute Gasteiger partial charge is 0.370 e. The van der Waals surface area contributed by atoms with Crippen LogP contribution in [0, 0.1) is 5.82 Å². The molecule has 1 N–H and O–H groups in total. The van der Waals surface area contributed by atoms with Gasteiger partial charge in [0.05, 0.1) is 15.5 Å². The molecule has 0 unspecified atom stereocenters. The summed E-state index contributed by atoms with van der Waals surface area (Å²) in [5, 5.41) is 3.33. The second kappa shape index (κ2) is 8.28. The summed E-state index contributed by atoms with van der Waals surface area (Å²) in [5.41, 5.74) is 1.18. The molecule has 6 nitrogen and oxygen atoms in total. The first-order chi connectivity index (χ1) is 13.3. The molecule has 1 heterocycles. The Balaban J connectivity index is 2.09. The number of rotatable bonds is 4. The highest BCUT2D eigenvalue weighted by atomic mass is 32.2. The van der Waals surface area contributed by atoms with Crippen molar-refractivity contribution in [3.8, 4) is 0 Å². The Morgan fingerprint density at radius 2 is 1.82 bits per heavy atom. The Bertz CT molecular complexity index is 953. The molecule has 1 aliphatic heterocycles. The molecule has 150 valence electrons. The van der Waals surface area contributed by atoms with E-state index < -0.39 is 15.7 Å². The highest BCUT2D eigenvalue weighted by molar-refractivity contribution is 7.91. The van der Waals surface area contributed by atoms with Crippen LogP contribution in [0.5, 0.6) is 0 Å². The van der Waals surface area contributed by atoms with Crippen molar-refractivity contribution >= 4 is 27.1 Å². The quantitative estimate of drug-likeness (QED) is 0.792. The maximum atomic E-state index is 13.2. The van der Waals surface area contributed by atoms with Gasteiger partial charge in [-0.05, 0) is 55.4 Å². The number of sulfone groups is 1. The van der Waals surface area contributed by atoms with Crippen LogP contribution >= 0.6 is 0 Å². The first kappa shape index (κ1) is 20.3. The minimum Gasteiger partial charge on any atom is -0.370 e. The maximum absolute atomic E-state index is 13.2. The summed E-state index contributed by atoms with van der Waals surface area (Å²) in [5.74, 6) is -0.782. The molecule has 1 amide bonds. The van der Waals surface area contributed by atoms with Crippen molar-refractivity contribution in [2.75, 3.05) is 43.0 Å². The zero-order valence-corrected chi connectivity index (χ0v) is 16.8. The van der Waals surface area contributed by atoms with Crippen LogP contribution in [0.3, 0.4) is 0 Å². The van der Waals surface area contributed by atoms with E-state index in [0.717, 1.165) is 50.4 Å². The lowest BCUT2D eigenvalue weighted by Crippen LogP contribution is -2.29. The number of nitrogens with zero attached hydrogens (tertiary/aromatic N) is 2. The second-order valence-corrected chi connectivity index (χ2v) is 8.70. The molecule has 2 aromatic carbocycles. The van der Waals surface area contributed by atoms with Gasteiger partial charge in [0.25, 0.3) is 0 Å². The highest BCUT2D eigenvalue weighted by Crippen LogP contribution is 2.34. The molecular weight excluding hydrogens is 381 g/mol. The average molecular weight is 405 g/mol. The topological polar surface area (TPSA) is 69.7 Å². The highest BCUT2D eigenvalue weighted by Gasteiger charge is 2.25. The van der Waals surface area contributed by atoms with E-state index >= 15 is 0 Å². The van der Waals surface area contributed by atoms with Crippen LogP contribution in [0.1, 0.15) is 13.3 Å². The van der Waals surface area contributed by atoms with Crippen LogP contribution in [0.15, 0.2) is 52.3 Å². The lowest BCUT2D eigenvalue weighted by Gasteiger charge is -2.26. The van der Waals surface area contributed by atoms with Gasteiger partial charge in [0.1, 0.15) is 5.82 Å². The molecule has 0 saturated carbocycles. The van der Waals surface area contributed by atoms with E-state index in [1.54, 1.807) is 19.2 Å². The van der Waals surface area contributed by atoms with Crippen LogP contribution in [-0.2, 0) is 14.6 Å². The third-order valence-electron chi connectivity index (χ3n) is 4.89. The number of hydrogen-bond donors (Lipinski definition) is 1. The third-order valence-corrected chi connectivity index (χ3v) is 6.71. The van der Waals surface area contributed by atoms with Crippen molar-refractivity contribution in [1.29, 1.82) is 0 Å². The van der Waals surface area contributed by atoms with E-state index in [1.807, 2.05) is 0 Å². The Kier molecular flexibility index (Phi) is 6.00. The monoisotopic (exact) mass is 405 g/mol. The lowest BCUT2D eigenvalue weighted by atomic mass is 10.2. The molecule has 0 spiro atoms. The number of nitrogens with one attached hydrogen (secondary N) is 1. The SMILES string of the molecule is CC(=O)N(C)c1cc(N2CCCNCC2)ccc1S(=O)(=O)c1ccc(F)cc1. The predicted octanol–water partition coefficient (Wildman–Crippen LogP) is 2.44. The molecule has 0 aliphatic carbocycles. The average Bonchev–Trinajstić information content (AvgIpc) is 2.96. The fourth-order valence-corrected chi connectivity index (χ4v) is 4.67. The van der Waals surface area contributed by atoms with Gasteiger partial charge >= 0.3 is 0 Å². The normalized spacial score (nSPS) is 15.2. The van der Waals surface area contributed by atoms with Gasteiger partial charge in [0.2, 0.25) is 15.7 Å². The lowest BCUT2D eigenvalue weighted by molar-refractivity contribution is -0.116. The van der Waals surface area contributed by atoms with E-state index in [2.05, 4.69) is 10.2 Å². The predicted molar refractivity (Wildman–Crippen MR) is 107 cm³/mol. The summed E-state index contributed by atoms with van der Waals surface area (Å²) in [6.45, 7) is 4.81. The molecule has 1 saturated heterocycles. The van der Waals surface area contributed by atoms with Gasteiger partial charge in [-0.15, -0.1) is 0 Å². The van der Waals surface area contributed by atoms with Crippen LogP contribution in [0.2, 0.25) is 0 Å². The van der Waals surface area contributed by atoms with E-state index in [9.17, 15) is 17.6 Å². The molecule has 28 heavy (non-hydrogen) atoms. The van der Waals surface area contributed by atoms with Crippen LogP contribution in [0.4, 0.5) is 15.8 Å². The summed E-state index contributed by atoms with van der Waals surface area (Å²) < 4.78 is 39.5. The Morgan fingerprint density at radius 1 is 1.11 bits per heavy atom. The van der Waals surface area contributed by atoms with E-state index in [-0.39, 0.29) is 15.7 Å². The van der Waals surface area contributed by atoms with E-state index in [4.69, 9.17) is 0 Å². The molecule has 1 aliphatic rings. The number of carbonyl (C=O) groups excluding carboxylic acids is 1. The molecule has 8 heteroatoms. The summed E-state index contributed by atoms with van der Waals surface area (Å²) >= 11 is 0. The number of hydrogen-bond acceptors (Lipinski definition) is 5. The standard InChI is InChI=1S/C20H24FN3O3S/c1-15(25)23(2)19-14-17(24-12-3-10-22-11-13-24)6-9-20(19)28(26,27)18-7-4-16(21)5-8-18/h4-9,14,22H,3,10-13H2,1-2H3. The van der Waals surface area contributed by atoms with Gasteiger partial charge in [-0.2, -0.15) is 0 Å². The van der Waals surface area contributed by atoms with Gasteiger partial charge in [-0.25, -0.2) is 12.8 Å². The van der Waals surface area contributed by atoms with E-state index in [1.165, 1.54) is 30.0 Å². The Labute approximate surface area is 164 Å². The van der Waals surface area contributed by atoms with Gasteiger partial charge in [0.15, 0.2) is 0 Å². The number of anilines is 2. The Hall–Kier alpha value is -2.45. The fraction of sp³-hybridized carbons (Fsp3) is 0.350. The first-order valence-corrected chi connectivity index (χ1v) is 10.6. The third kappa shape index (κ3) is 4.18. The molecule has 0 aromatic heterocycles. The van der Waals surface area contributed by atoms with Crippen molar-refractivity contribution in [2.24, 2.45) is 0 Å². The smallest absolute Gasteiger partial charge is 0.223 e. The number of benzene rings is 2. The van der Waals surface area contributed by atoms with Crippen molar-refractivity contribution in [1.82, 2.24) is 5.32 Å². The van der Waals surface area contributed by atoms with Gasteiger partial charge < -0.3 is 15.1 Å². The van der Waals surface area contributed by atoms with Crippen molar-refractivity contribution in [3.63, 3.8) is 0 Å². The molecular formula is C20H24FN3O3S. The van der Waals surface area contributed by atoms with Crippen molar-refractivity contribution in [2.45, 2.75) is 23.1 Å². The van der Waals surface area contributed by atoms with Gasteiger partial charge in [-0.1, -0.05) is 0 Å². The fourth-order valence-electron chi connectivity index (χ4n) is 3.21. The summed E-state index contributed by atoms with van der Waals surface area (Å²) in [4.78, 5) is 15.5. The summed E-state index contributed by atoms with van der Waals surface area (Å²) in [7, 11) is -2.36. The summed E-state index contributed by atoms with van der Waals surface area (Å²) in [6, 6.07) is 9.72. The summed E-state index contributed by atoms with van der Waals surface area (Å²) in [6.07, 6.45) is 0.980. The molecule has 3 rings (SSSR count). The van der Waals surface area contributed by atoms with Crippen molar-refractivity contribution < 1.29 is 17.6 Å². The van der Waals surface area contributed by atoms with Crippen LogP contribution < -0.4 is 15.1 Å². The van der Waals surface area contributed by atoms with Gasteiger partial charge in [-0.3, -0.25) is 4.79 Å². The van der Waals surface area contributed by atoms with Gasteiger partial charge in [0, 0.05) is 39.3 Å². The zero-order chi connectivity index (χ0) is 20.3. The second-order valence-electron chi connectivity index (χ2n) is 6.78. The van der Waals surface area contributed by atoms with E-state index in [0.29, 0.717) is 5.69 Å². The molecule has 0 atom stereocenters. The van der Waals surface area contributed by atoms with Crippen molar-refractivity contribution in [3.05, 3.63) is 48.3 Å². The Morgan fingerprint density at radius 3 is 2.50 bits per heavy atom. The van der Waals surface area contributed by atoms with Crippen LogP contribution in [-0.4, -0.2) is 47.6 Å². The van der Waals surface area contributed by atoms with Crippen LogP contribution in [0.25, 0.3) is 0 Å². The molecule has 2 aromatic rings. The number of halogens is 1. The zero-order valence-electron chi connectivity index (χ0n) is 16.0. The molecule has 0 bridgehead atoms. The minimum atomic E-state index is -3.91. The number of amides is 1. The number of carbonyl (C=O) groups is 1. The first-order valence-electron chi connectivity index (χ1n) is 9.15. The maximum Gasteiger partial charge on any atom is 0.223 e. The minimum absolute atomic E-state index is 0.0150. The molecule has 1 fully saturated rings. The molecule has 0 radical (unpaired) electrons.